The molecule has 2 aliphatic heterocycles. The monoisotopic (exact) mass is 272 g/mol. The molecule has 2 aliphatic rings. The summed E-state index contributed by atoms with van der Waals surface area (Å²) in [6.45, 7) is 6.59. The zero-order valence-corrected chi connectivity index (χ0v) is 12.1. The first-order chi connectivity index (χ1) is 9.74. The minimum atomic E-state index is 0.700. The van der Waals surface area contributed by atoms with Gasteiger partial charge in [-0.05, 0) is 26.3 Å². The van der Waals surface area contributed by atoms with Gasteiger partial charge in [-0.25, -0.2) is 9.97 Å². The molecular formula is C14H20N6. The number of nitrogens with zero attached hydrogens (tertiary/aromatic N) is 6. The lowest BCUT2D eigenvalue weighted by Crippen LogP contribution is -2.50. The molecule has 2 aromatic rings. The van der Waals surface area contributed by atoms with Crippen LogP contribution in [0.1, 0.15) is 18.5 Å². The van der Waals surface area contributed by atoms with Crippen LogP contribution in [0, 0.1) is 6.92 Å². The fourth-order valence-corrected chi connectivity index (χ4v) is 3.68. The van der Waals surface area contributed by atoms with Gasteiger partial charge in [-0.2, -0.15) is 5.10 Å². The van der Waals surface area contributed by atoms with Crippen LogP contribution < -0.4 is 4.90 Å². The predicted molar refractivity (Wildman–Crippen MR) is 77.8 cm³/mol. The lowest BCUT2D eigenvalue weighted by molar-refractivity contribution is 0.230. The van der Waals surface area contributed by atoms with Crippen LogP contribution in [0.5, 0.6) is 0 Å². The molecule has 0 bridgehead atoms. The van der Waals surface area contributed by atoms with Crippen LogP contribution in [0.25, 0.3) is 11.0 Å². The second-order valence-corrected chi connectivity index (χ2v) is 5.88. The number of hydrogen-bond donors (Lipinski definition) is 0. The third kappa shape index (κ3) is 1.71. The van der Waals surface area contributed by atoms with Gasteiger partial charge in [0.05, 0.1) is 11.1 Å². The van der Waals surface area contributed by atoms with E-state index in [1.54, 1.807) is 6.33 Å². The highest BCUT2D eigenvalue weighted by molar-refractivity contribution is 5.89. The molecule has 0 aliphatic carbocycles. The van der Waals surface area contributed by atoms with E-state index >= 15 is 0 Å². The van der Waals surface area contributed by atoms with Crippen molar-refractivity contribution in [3.8, 4) is 0 Å². The Balaban J connectivity index is 1.75. The zero-order valence-electron chi connectivity index (χ0n) is 12.1. The summed E-state index contributed by atoms with van der Waals surface area (Å²) in [4.78, 5) is 14.0. The Morgan fingerprint density at radius 1 is 1.20 bits per heavy atom. The molecule has 106 valence electrons. The molecule has 2 aromatic heterocycles. The maximum Gasteiger partial charge on any atom is 0.163 e. The van der Waals surface area contributed by atoms with Crippen molar-refractivity contribution < 1.29 is 0 Å². The van der Waals surface area contributed by atoms with E-state index in [0.717, 1.165) is 42.2 Å². The van der Waals surface area contributed by atoms with Crippen LogP contribution in [0.4, 0.5) is 5.82 Å². The number of fused-ring (bicyclic) bond motifs is 2. The number of anilines is 1. The molecule has 6 nitrogen and oxygen atoms in total. The van der Waals surface area contributed by atoms with Crippen molar-refractivity contribution in [2.75, 3.05) is 31.1 Å². The quantitative estimate of drug-likeness (QED) is 0.774. The Bertz CT molecular complexity index is 648. The van der Waals surface area contributed by atoms with E-state index in [9.17, 15) is 0 Å². The number of hydrogen-bond acceptors (Lipinski definition) is 5. The molecule has 4 rings (SSSR count). The summed E-state index contributed by atoms with van der Waals surface area (Å²) in [7, 11) is 1.95. The SMILES string of the molecule is Cc1nn(C)c2ncnc(N3CCN4CCC[C@@H]4C3)c12. The normalized spacial score (nSPS) is 23.5. The summed E-state index contributed by atoms with van der Waals surface area (Å²) < 4.78 is 1.85. The van der Waals surface area contributed by atoms with Gasteiger partial charge in [0.1, 0.15) is 12.1 Å². The maximum atomic E-state index is 4.56. The topological polar surface area (TPSA) is 50.1 Å². The molecule has 0 saturated carbocycles. The van der Waals surface area contributed by atoms with Crippen molar-refractivity contribution in [1.29, 1.82) is 0 Å². The molecule has 20 heavy (non-hydrogen) atoms. The van der Waals surface area contributed by atoms with Gasteiger partial charge in [-0.3, -0.25) is 9.58 Å². The van der Waals surface area contributed by atoms with Gasteiger partial charge in [-0.1, -0.05) is 0 Å². The Labute approximate surface area is 118 Å². The molecule has 6 heteroatoms. The third-order valence-corrected chi connectivity index (χ3v) is 4.66. The highest BCUT2D eigenvalue weighted by Gasteiger charge is 2.32. The Hall–Kier alpha value is -1.69. The van der Waals surface area contributed by atoms with Gasteiger partial charge in [0, 0.05) is 32.7 Å². The van der Waals surface area contributed by atoms with Crippen LogP contribution in [-0.2, 0) is 7.05 Å². The second kappa shape index (κ2) is 4.41. The number of aromatic nitrogens is 4. The van der Waals surface area contributed by atoms with Crippen molar-refractivity contribution in [1.82, 2.24) is 24.6 Å². The Morgan fingerprint density at radius 2 is 2.10 bits per heavy atom. The smallest absolute Gasteiger partial charge is 0.163 e. The number of aryl methyl sites for hydroxylation is 2. The molecular weight excluding hydrogens is 252 g/mol. The molecule has 0 amide bonds. The molecule has 0 aromatic carbocycles. The maximum absolute atomic E-state index is 4.56. The number of piperazine rings is 1. The van der Waals surface area contributed by atoms with Gasteiger partial charge in [0.25, 0.3) is 0 Å². The van der Waals surface area contributed by atoms with Gasteiger partial charge in [0.2, 0.25) is 0 Å². The predicted octanol–water partition coefficient (Wildman–Crippen LogP) is 0.956. The van der Waals surface area contributed by atoms with Crippen LogP contribution in [0.15, 0.2) is 6.33 Å². The van der Waals surface area contributed by atoms with Gasteiger partial charge < -0.3 is 4.90 Å². The standard InChI is InChI=1S/C14H20N6/c1-10-12-13(18(2)17-10)15-9-16-14(12)20-7-6-19-5-3-4-11(19)8-20/h9,11H,3-8H2,1-2H3/t11-/m1/s1. The van der Waals surface area contributed by atoms with Crippen molar-refractivity contribution in [2.24, 2.45) is 7.05 Å². The summed E-state index contributed by atoms with van der Waals surface area (Å²) >= 11 is 0. The fraction of sp³-hybridized carbons (Fsp3) is 0.643. The van der Waals surface area contributed by atoms with E-state index < -0.39 is 0 Å². The lowest BCUT2D eigenvalue weighted by atomic mass is 10.1. The first-order valence-electron chi connectivity index (χ1n) is 7.37. The first kappa shape index (κ1) is 12.1. The average molecular weight is 272 g/mol. The minimum absolute atomic E-state index is 0.700. The van der Waals surface area contributed by atoms with E-state index in [-0.39, 0.29) is 0 Å². The van der Waals surface area contributed by atoms with E-state index in [2.05, 4.69) is 24.9 Å². The summed E-state index contributed by atoms with van der Waals surface area (Å²) in [5, 5.41) is 5.60. The van der Waals surface area contributed by atoms with Gasteiger partial charge >= 0.3 is 0 Å². The van der Waals surface area contributed by atoms with Gasteiger partial charge in [0.15, 0.2) is 5.65 Å². The fourth-order valence-electron chi connectivity index (χ4n) is 3.68. The molecule has 0 spiro atoms. The molecule has 0 unspecified atom stereocenters. The van der Waals surface area contributed by atoms with E-state index in [4.69, 9.17) is 0 Å². The number of rotatable bonds is 1. The highest BCUT2D eigenvalue weighted by atomic mass is 15.3. The van der Waals surface area contributed by atoms with Crippen LogP contribution in [0.3, 0.4) is 0 Å². The Kier molecular flexibility index (Phi) is 2.66. The molecule has 4 heterocycles. The molecule has 0 radical (unpaired) electrons. The summed E-state index contributed by atoms with van der Waals surface area (Å²) in [5.41, 5.74) is 1.95. The van der Waals surface area contributed by atoms with Crippen LogP contribution in [-0.4, -0.2) is 56.9 Å². The first-order valence-corrected chi connectivity index (χ1v) is 7.37. The summed E-state index contributed by atoms with van der Waals surface area (Å²) in [6, 6.07) is 0.700. The van der Waals surface area contributed by atoms with Crippen molar-refractivity contribution in [3.63, 3.8) is 0 Å². The highest BCUT2D eigenvalue weighted by Crippen LogP contribution is 2.29. The third-order valence-electron chi connectivity index (χ3n) is 4.66. The molecule has 1 atom stereocenters. The minimum Gasteiger partial charge on any atom is -0.353 e. The summed E-state index contributed by atoms with van der Waals surface area (Å²) in [5.74, 6) is 1.06. The van der Waals surface area contributed by atoms with E-state index in [1.807, 2.05) is 18.7 Å². The molecule has 2 saturated heterocycles. The van der Waals surface area contributed by atoms with Crippen LogP contribution in [0.2, 0.25) is 0 Å². The van der Waals surface area contributed by atoms with E-state index in [1.165, 1.54) is 19.4 Å². The Morgan fingerprint density at radius 3 is 3.00 bits per heavy atom. The van der Waals surface area contributed by atoms with E-state index in [0.29, 0.717) is 6.04 Å². The summed E-state index contributed by atoms with van der Waals surface area (Å²) in [6.07, 6.45) is 4.32. The average Bonchev–Trinajstić information content (AvgIpc) is 3.03. The van der Waals surface area contributed by atoms with Gasteiger partial charge in [-0.15, -0.1) is 0 Å². The molecule has 0 N–H and O–H groups in total. The largest absolute Gasteiger partial charge is 0.353 e. The van der Waals surface area contributed by atoms with Crippen molar-refractivity contribution in [3.05, 3.63) is 12.0 Å². The zero-order chi connectivity index (χ0) is 13.7. The van der Waals surface area contributed by atoms with Crippen molar-refractivity contribution in [2.45, 2.75) is 25.8 Å². The lowest BCUT2D eigenvalue weighted by Gasteiger charge is -2.38. The van der Waals surface area contributed by atoms with Crippen molar-refractivity contribution >= 4 is 16.9 Å². The second-order valence-electron chi connectivity index (χ2n) is 5.88. The molecule has 2 fully saturated rings. The van der Waals surface area contributed by atoms with Crippen LogP contribution >= 0.6 is 0 Å².